The highest BCUT2D eigenvalue weighted by molar-refractivity contribution is 5.90. The first-order valence-electron chi connectivity index (χ1n) is 5.56. The molecule has 1 amide bonds. The molecule has 0 aliphatic heterocycles. The molecule has 8 heteroatoms. The van der Waals surface area contributed by atoms with E-state index < -0.39 is 0 Å². The fourth-order valence-electron chi connectivity index (χ4n) is 1.67. The van der Waals surface area contributed by atoms with Crippen LogP contribution < -0.4 is 16.0 Å². The molecule has 0 unspecified atom stereocenters. The number of aromatic nitrogens is 4. The number of anilines is 2. The van der Waals surface area contributed by atoms with Crippen molar-refractivity contribution in [2.45, 2.75) is 6.92 Å². The Balaban J connectivity index is 2.29. The Kier molecular flexibility index (Phi) is 3.26. The first kappa shape index (κ1) is 12.1. The van der Waals surface area contributed by atoms with Crippen molar-refractivity contribution in [2.75, 3.05) is 30.8 Å². The van der Waals surface area contributed by atoms with Gasteiger partial charge in [-0.15, -0.1) is 0 Å². The highest BCUT2D eigenvalue weighted by Gasteiger charge is 2.14. The van der Waals surface area contributed by atoms with Crippen molar-refractivity contribution < 1.29 is 4.79 Å². The van der Waals surface area contributed by atoms with Gasteiger partial charge in [0.05, 0.1) is 18.1 Å². The molecule has 0 saturated heterocycles. The number of carbonyl (C=O) groups excluding carboxylic acids is 1. The zero-order valence-electron chi connectivity index (χ0n) is 10.3. The number of H-pyrrole nitrogens is 1. The Bertz CT molecular complexity index is 564. The quantitative estimate of drug-likeness (QED) is 0.673. The van der Waals surface area contributed by atoms with Crippen molar-refractivity contribution in [3.8, 4) is 0 Å². The van der Waals surface area contributed by atoms with Crippen LogP contribution in [-0.2, 0) is 4.79 Å². The third-order valence-electron chi connectivity index (χ3n) is 2.42. The van der Waals surface area contributed by atoms with Crippen LogP contribution in [-0.4, -0.2) is 46.2 Å². The Morgan fingerprint density at radius 1 is 1.56 bits per heavy atom. The van der Waals surface area contributed by atoms with Crippen LogP contribution in [0.1, 0.15) is 6.92 Å². The van der Waals surface area contributed by atoms with Gasteiger partial charge in [0.1, 0.15) is 5.82 Å². The van der Waals surface area contributed by atoms with Crippen LogP contribution >= 0.6 is 0 Å². The number of nitrogens with one attached hydrogen (secondary N) is 2. The average molecular weight is 249 g/mol. The topological polar surface area (TPSA) is 113 Å². The summed E-state index contributed by atoms with van der Waals surface area (Å²) in [5.74, 6) is 0.649. The van der Waals surface area contributed by atoms with Crippen molar-refractivity contribution in [1.82, 2.24) is 25.5 Å². The summed E-state index contributed by atoms with van der Waals surface area (Å²) in [5.41, 5.74) is 6.17. The van der Waals surface area contributed by atoms with Gasteiger partial charge in [0, 0.05) is 13.6 Å². The van der Waals surface area contributed by atoms with Crippen LogP contribution in [0.15, 0.2) is 6.20 Å². The van der Waals surface area contributed by atoms with Crippen LogP contribution in [0.5, 0.6) is 0 Å². The average Bonchev–Trinajstić information content (AvgIpc) is 2.75. The predicted octanol–water partition coefficient (Wildman–Crippen LogP) is -0.493. The molecule has 8 nitrogen and oxygen atoms in total. The van der Waals surface area contributed by atoms with E-state index in [0.29, 0.717) is 18.0 Å². The number of nitrogens with two attached hydrogens (primary N) is 1. The van der Waals surface area contributed by atoms with E-state index in [2.05, 4.69) is 25.5 Å². The lowest BCUT2D eigenvalue weighted by molar-refractivity contribution is -0.119. The molecule has 0 bridgehead atoms. The summed E-state index contributed by atoms with van der Waals surface area (Å²) >= 11 is 0. The molecule has 96 valence electrons. The van der Waals surface area contributed by atoms with E-state index in [4.69, 9.17) is 5.73 Å². The monoisotopic (exact) mass is 249 g/mol. The second kappa shape index (κ2) is 4.86. The molecule has 18 heavy (non-hydrogen) atoms. The predicted molar refractivity (Wildman–Crippen MR) is 68.0 cm³/mol. The Labute approximate surface area is 104 Å². The summed E-state index contributed by atoms with van der Waals surface area (Å²) in [6.07, 6.45) is 1.61. The van der Waals surface area contributed by atoms with Gasteiger partial charge in [-0.05, 0) is 6.92 Å². The molecule has 2 aromatic rings. The number of nitrogen functional groups attached to an aromatic ring is 1. The largest absolute Gasteiger partial charge is 0.368 e. The zero-order valence-corrected chi connectivity index (χ0v) is 10.3. The smallest absolute Gasteiger partial charge is 0.239 e. The van der Waals surface area contributed by atoms with E-state index in [1.165, 1.54) is 0 Å². The number of rotatable bonds is 4. The summed E-state index contributed by atoms with van der Waals surface area (Å²) < 4.78 is 0. The molecule has 0 aromatic carbocycles. The second-order valence-corrected chi connectivity index (χ2v) is 3.85. The summed E-state index contributed by atoms with van der Waals surface area (Å²) in [6.45, 7) is 2.67. The Morgan fingerprint density at radius 2 is 2.33 bits per heavy atom. The van der Waals surface area contributed by atoms with Gasteiger partial charge in [-0.2, -0.15) is 15.1 Å². The molecule has 2 aromatic heterocycles. The first-order chi connectivity index (χ1) is 8.61. The molecule has 0 atom stereocenters. The molecule has 0 spiro atoms. The SMILES string of the molecule is CCNC(=O)CN(C)c1nc(N)nc2[nH]ncc12. The van der Waals surface area contributed by atoms with Gasteiger partial charge in [0.2, 0.25) is 11.9 Å². The van der Waals surface area contributed by atoms with Crippen molar-refractivity contribution >= 4 is 28.7 Å². The van der Waals surface area contributed by atoms with Gasteiger partial charge < -0.3 is 16.0 Å². The molecular weight excluding hydrogens is 234 g/mol. The number of amides is 1. The molecule has 0 aliphatic rings. The number of fused-ring (bicyclic) bond motifs is 1. The standard InChI is InChI=1S/C10H15N7O/c1-3-12-7(18)5-17(2)9-6-4-13-16-8(6)14-10(11)15-9/h4H,3,5H2,1-2H3,(H,12,18)(H3,11,13,14,15,16). The van der Waals surface area contributed by atoms with Crippen LogP contribution in [0.2, 0.25) is 0 Å². The van der Waals surface area contributed by atoms with Gasteiger partial charge >= 0.3 is 0 Å². The van der Waals surface area contributed by atoms with Crippen molar-refractivity contribution in [1.29, 1.82) is 0 Å². The maximum atomic E-state index is 11.5. The lowest BCUT2D eigenvalue weighted by atomic mass is 10.3. The van der Waals surface area contributed by atoms with Gasteiger partial charge in [-0.25, -0.2) is 0 Å². The minimum Gasteiger partial charge on any atom is -0.368 e. The van der Waals surface area contributed by atoms with E-state index in [9.17, 15) is 4.79 Å². The van der Waals surface area contributed by atoms with Crippen molar-refractivity contribution in [3.05, 3.63) is 6.20 Å². The lowest BCUT2D eigenvalue weighted by Gasteiger charge is -2.18. The van der Waals surface area contributed by atoms with E-state index >= 15 is 0 Å². The van der Waals surface area contributed by atoms with Gasteiger partial charge in [-0.1, -0.05) is 0 Å². The zero-order chi connectivity index (χ0) is 13.1. The Hall–Kier alpha value is -2.38. The second-order valence-electron chi connectivity index (χ2n) is 3.85. The maximum Gasteiger partial charge on any atom is 0.239 e. The van der Waals surface area contributed by atoms with Crippen molar-refractivity contribution in [3.63, 3.8) is 0 Å². The summed E-state index contributed by atoms with van der Waals surface area (Å²) in [7, 11) is 1.77. The van der Waals surface area contributed by atoms with Crippen LogP contribution in [0.4, 0.5) is 11.8 Å². The Morgan fingerprint density at radius 3 is 3.06 bits per heavy atom. The minimum atomic E-state index is -0.0752. The summed E-state index contributed by atoms with van der Waals surface area (Å²) in [5, 5.41) is 10.1. The van der Waals surface area contributed by atoms with E-state index in [1.54, 1.807) is 18.1 Å². The highest BCUT2D eigenvalue weighted by Crippen LogP contribution is 2.21. The molecule has 0 aliphatic carbocycles. The number of likely N-dealkylation sites (N-methyl/N-ethyl adjacent to an activating group) is 2. The molecule has 2 heterocycles. The van der Waals surface area contributed by atoms with E-state index in [1.807, 2.05) is 6.92 Å². The lowest BCUT2D eigenvalue weighted by Crippen LogP contribution is -2.35. The normalized spacial score (nSPS) is 10.6. The van der Waals surface area contributed by atoms with Gasteiger partial charge in [0.25, 0.3) is 0 Å². The van der Waals surface area contributed by atoms with Crippen LogP contribution in [0.25, 0.3) is 11.0 Å². The maximum absolute atomic E-state index is 11.5. The third kappa shape index (κ3) is 2.31. The molecule has 4 N–H and O–H groups in total. The fraction of sp³-hybridized carbons (Fsp3) is 0.400. The molecule has 2 rings (SSSR count). The van der Waals surface area contributed by atoms with Crippen LogP contribution in [0.3, 0.4) is 0 Å². The van der Waals surface area contributed by atoms with Gasteiger partial charge in [0.15, 0.2) is 5.65 Å². The van der Waals surface area contributed by atoms with E-state index in [0.717, 1.165) is 5.39 Å². The third-order valence-corrected chi connectivity index (χ3v) is 2.42. The molecular formula is C10H15N7O. The van der Waals surface area contributed by atoms with Crippen molar-refractivity contribution in [2.24, 2.45) is 0 Å². The summed E-state index contributed by atoms with van der Waals surface area (Å²) in [4.78, 5) is 21.4. The number of carbonyl (C=O) groups is 1. The number of hydrogen-bond donors (Lipinski definition) is 3. The number of hydrogen-bond acceptors (Lipinski definition) is 6. The first-order valence-corrected chi connectivity index (χ1v) is 5.56. The number of aromatic amines is 1. The highest BCUT2D eigenvalue weighted by atomic mass is 16.2. The van der Waals surface area contributed by atoms with E-state index in [-0.39, 0.29) is 18.4 Å². The number of nitrogens with zero attached hydrogens (tertiary/aromatic N) is 4. The summed E-state index contributed by atoms with van der Waals surface area (Å²) in [6, 6.07) is 0. The van der Waals surface area contributed by atoms with Crippen LogP contribution in [0, 0.1) is 0 Å². The minimum absolute atomic E-state index is 0.0752. The molecule has 0 saturated carbocycles. The molecule has 0 radical (unpaired) electrons. The fourth-order valence-corrected chi connectivity index (χ4v) is 1.67. The van der Waals surface area contributed by atoms with Gasteiger partial charge in [-0.3, -0.25) is 9.89 Å². The molecule has 0 fully saturated rings.